The summed E-state index contributed by atoms with van der Waals surface area (Å²) in [4.78, 5) is 14.0. The van der Waals surface area contributed by atoms with Gasteiger partial charge in [0.15, 0.2) is 0 Å². The van der Waals surface area contributed by atoms with Crippen molar-refractivity contribution in [2.45, 2.75) is 50.6 Å². The molecule has 2 fully saturated rings. The van der Waals surface area contributed by atoms with E-state index >= 15 is 0 Å². The number of hydrogen-bond donors (Lipinski definition) is 2. The number of likely N-dealkylation sites (N-methyl/N-ethyl adjacent to an activating group) is 1. The minimum Gasteiger partial charge on any atom is -0.352 e. The quantitative estimate of drug-likeness (QED) is 0.743. The second-order valence-electron chi connectivity index (χ2n) is 5.46. The number of carbonyl (C=O) groups is 1. The van der Waals surface area contributed by atoms with Crippen LogP contribution in [0.2, 0.25) is 0 Å². The van der Waals surface area contributed by atoms with Crippen LogP contribution in [-0.4, -0.2) is 49.6 Å². The number of nitrogens with one attached hydrogen (secondary N) is 2. The van der Waals surface area contributed by atoms with E-state index in [2.05, 4.69) is 22.6 Å². The fraction of sp³-hybridized carbons (Fsp3) is 0.923. The Morgan fingerprint density at radius 2 is 2.00 bits per heavy atom. The van der Waals surface area contributed by atoms with Crippen LogP contribution in [0.4, 0.5) is 0 Å². The van der Waals surface area contributed by atoms with Gasteiger partial charge in [0.25, 0.3) is 0 Å². The average Bonchev–Trinajstić information content (AvgIpc) is 2.91. The van der Waals surface area contributed by atoms with Gasteiger partial charge in [-0.2, -0.15) is 0 Å². The molecule has 1 unspecified atom stereocenters. The van der Waals surface area contributed by atoms with Gasteiger partial charge >= 0.3 is 0 Å². The number of carbonyl (C=O) groups excluding carboxylic acids is 1. The van der Waals surface area contributed by atoms with E-state index in [0.717, 1.165) is 19.4 Å². The molecule has 1 heterocycles. The van der Waals surface area contributed by atoms with Crippen molar-refractivity contribution in [1.29, 1.82) is 0 Å². The summed E-state index contributed by atoms with van der Waals surface area (Å²) in [6.07, 6.45) is 7.41. The first-order chi connectivity index (χ1) is 8.25. The monoisotopic (exact) mass is 239 g/mol. The highest BCUT2D eigenvalue weighted by molar-refractivity contribution is 5.78. The van der Waals surface area contributed by atoms with Gasteiger partial charge in [0.05, 0.1) is 6.54 Å². The predicted octanol–water partition coefficient (Wildman–Crippen LogP) is 0.729. The molecule has 0 bridgehead atoms. The molecule has 4 nitrogen and oxygen atoms in total. The van der Waals surface area contributed by atoms with Crippen LogP contribution in [-0.2, 0) is 4.79 Å². The average molecular weight is 239 g/mol. The first-order valence-electron chi connectivity index (χ1n) is 6.96. The molecule has 1 amide bonds. The molecule has 1 saturated carbocycles. The minimum atomic E-state index is 0.164. The van der Waals surface area contributed by atoms with Crippen LogP contribution in [0, 0.1) is 0 Å². The van der Waals surface area contributed by atoms with E-state index in [1.807, 2.05) is 0 Å². The van der Waals surface area contributed by atoms with Crippen molar-refractivity contribution in [1.82, 2.24) is 15.5 Å². The SMILES string of the molecule is CN1CCCC1CNCC(=O)NC1CCCC1. The molecule has 1 atom stereocenters. The van der Waals surface area contributed by atoms with Gasteiger partial charge < -0.3 is 15.5 Å². The van der Waals surface area contributed by atoms with E-state index in [1.54, 1.807) is 0 Å². The number of hydrogen-bond acceptors (Lipinski definition) is 3. The van der Waals surface area contributed by atoms with Crippen LogP contribution in [0.25, 0.3) is 0 Å². The first kappa shape index (κ1) is 12.8. The van der Waals surface area contributed by atoms with Crippen LogP contribution >= 0.6 is 0 Å². The van der Waals surface area contributed by atoms with Gasteiger partial charge in [-0.15, -0.1) is 0 Å². The van der Waals surface area contributed by atoms with Crippen molar-refractivity contribution >= 4 is 5.91 Å². The van der Waals surface area contributed by atoms with Gasteiger partial charge in [-0.3, -0.25) is 4.79 Å². The van der Waals surface area contributed by atoms with Gasteiger partial charge in [-0.1, -0.05) is 12.8 Å². The Bertz CT molecular complexity index is 251. The molecule has 0 aromatic rings. The van der Waals surface area contributed by atoms with Gasteiger partial charge in [0.2, 0.25) is 5.91 Å². The summed E-state index contributed by atoms with van der Waals surface area (Å²) >= 11 is 0. The second kappa shape index (κ2) is 6.36. The second-order valence-corrected chi connectivity index (χ2v) is 5.46. The van der Waals surface area contributed by atoms with E-state index < -0.39 is 0 Å². The Hall–Kier alpha value is -0.610. The molecule has 2 rings (SSSR count). The van der Waals surface area contributed by atoms with E-state index in [1.165, 1.54) is 32.2 Å². The minimum absolute atomic E-state index is 0.164. The van der Waals surface area contributed by atoms with Crippen LogP contribution in [0.3, 0.4) is 0 Å². The molecule has 2 N–H and O–H groups in total. The zero-order valence-electron chi connectivity index (χ0n) is 10.9. The molecule has 0 spiro atoms. The number of nitrogens with zero attached hydrogens (tertiary/aromatic N) is 1. The highest BCUT2D eigenvalue weighted by Crippen LogP contribution is 2.17. The lowest BCUT2D eigenvalue weighted by atomic mass is 10.2. The molecule has 98 valence electrons. The standard InChI is InChI=1S/C13H25N3O/c1-16-8-4-7-12(16)9-14-10-13(17)15-11-5-2-3-6-11/h11-12,14H,2-10H2,1H3,(H,15,17). The molecule has 0 radical (unpaired) electrons. The van der Waals surface area contributed by atoms with E-state index in [9.17, 15) is 4.79 Å². The lowest BCUT2D eigenvalue weighted by Crippen LogP contribution is -2.42. The molecule has 4 heteroatoms. The molecule has 0 aromatic heterocycles. The smallest absolute Gasteiger partial charge is 0.234 e. The summed E-state index contributed by atoms with van der Waals surface area (Å²) in [5, 5.41) is 6.38. The summed E-state index contributed by atoms with van der Waals surface area (Å²) in [6, 6.07) is 1.06. The zero-order valence-corrected chi connectivity index (χ0v) is 10.9. The Morgan fingerprint density at radius 1 is 1.24 bits per heavy atom. The lowest BCUT2D eigenvalue weighted by molar-refractivity contribution is -0.120. The van der Waals surface area contributed by atoms with Crippen molar-refractivity contribution in [3.8, 4) is 0 Å². The van der Waals surface area contributed by atoms with Crippen LogP contribution in [0.5, 0.6) is 0 Å². The van der Waals surface area contributed by atoms with E-state index in [0.29, 0.717) is 18.6 Å². The third-order valence-corrected chi connectivity index (χ3v) is 4.06. The summed E-state index contributed by atoms with van der Waals surface area (Å²) in [6.45, 7) is 2.61. The Morgan fingerprint density at radius 3 is 2.65 bits per heavy atom. The maximum absolute atomic E-state index is 11.7. The topological polar surface area (TPSA) is 44.4 Å². The third kappa shape index (κ3) is 3.96. The van der Waals surface area contributed by atoms with Crippen molar-refractivity contribution in [3.63, 3.8) is 0 Å². The van der Waals surface area contributed by atoms with Crippen LogP contribution in [0.1, 0.15) is 38.5 Å². The molecule has 1 aliphatic carbocycles. The Labute approximate surface area is 104 Å². The molecule has 0 aromatic carbocycles. The van der Waals surface area contributed by atoms with E-state index in [-0.39, 0.29) is 5.91 Å². The lowest BCUT2D eigenvalue weighted by Gasteiger charge is -2.20. The molecule has 1 aliphatic heterocycles. The Kier molecular flexibility index (Phi) is 4.80. The Balaban J connectivity index is 1.56. The number of amides is 1. The normalized spacial score (nSPS) is 26.5. The largest absolute Gasteiger partial charge is 0.352 e. The first-order valence-corrected chi connectivity index (χ1v) is 6.96. The number of likely N-dealkylation sites (tertiary alicyclic amines) is 1. The zero-order chi connectivity index (χ0) is 12.1. The molecular weight excluding hydrogens is 214 g/mol. The number of rotatable bonds is 5. The van der Waals surface area contributed by atoms with Gasteiger partial charge in [0.1, 0.15) is 0 Å². The van der Waals surface area contributed by atoms with Crippen molar-refractivity contribution < 1.29 is 4.79 Å². The fourth-order valence-electron chi connectivity index (χ4n) is 2.94. The molecular formula is C13H25N3O. The van der Waals surface area contributed by atoms with E-state index in [4.69, 9.17) is 0 Å². The summed E-state index contributed by atoms with van der Waals surface area (Å²) in [7, 11) is 2.16. The fourth-order valence-corrected chi connectivity index (χ4v) is 2.94. The highest BCUT2D eigenvalue weighted by atomic mass is 16.1. The summed E-state index contributed by atoms with van der Waals surface area (Å²) in [5.74, 6) is 0.164. The predicted molar refractivity (Wildman–Crippen MR) is 68.9 cm³/mol. The summed E-state index contributed by atoms with van der Waals surface area (Å²) < 4.78 is 0. The van der Waals surface area contributed by atoms with Gasteiger partial charge in [0, 0.05) is 18.6 Å². The van der Waals surface area contributed by atoms with Crippen LogP contribution in [0.15, 0.2) is 0 Å². The molecule has 1 saturated heterocycles. The maximum atomic E-state index is 11.7. The maximum Gasteiger partial charge on any atom is 0.234 e. The van der Waals surface area contributed by atoms with Gasteiger partial charge in [-0.25, -0.2) is 0 Å². The van der Waals surface area contributed by atoms with Gasteiger partial charge in [-0.05, 0) is 39.3 Å². The molecule has 2 aliphatic rings. The van der Waals surface area contributed by atoms with Crippen molar-refractivity contribution in [2.24, 2.45) is 0 Å². The van der Waals surface area contributed by atoms with Crippen molar-refractivity contribution in [3.05, 3.63) is 0 Å². The molecule has 17 heavy (non-hydrogen) atoms. The van der Waals surface area contributed by atoms with Crippen LogP contribution < -0.4 is 10.6 Å². The van der Waals surface area contributed by atoms with Crippen molar-refractivity contribution in [2.75, 3.05) is 26.7 Å². The highest BCUT2D eigenvalue weighted by Gasteiger charge is 2.21. The third-order valence-electron chi connectivity index (χ3n) is 4.06. The summed E-state index contributed by atoms with van der Waals surface area (Å²) in [5.41, 5.74) is 0.